The molecule has 0 aliphatic carbocycles. The number of carbonyl (C=O) groups is 1. The van der Waals surface area contributed by atoms with Crippen LogP contribution in [0.25, 0.3) is 0 Å². The molecule has 1 aliphatic rings. The minimum absolute atomic E-state index is 0.122. The lowest BCUT2D eigenvalue weighted by Crippen LogP contribution is -2.41. The number of amides is 1. The first-order valence-corrected chi connectivity index (χ1v) is 6.72. The first kappa shape index (κ1) is 13.7. The van der Waals surface area contributed by atoms with Gasteiger partial charge in [0, 0.05) is 19.6 Å². The molecule has 104 valence electrons. The van der Waals surface area contributed by atoms with E-state index in [2.05, 4.69) is 25.5 Å². The van der Waals surface area contributed by atoms with Crippen molar-refractivity contribution in [2.24, 2.45) is 0 Å². The smallest absolute Gasteiger partial charge is 0.271 e. The Labute approximate surface area is 113 Å². The van der Waals surface area contributed by atoms with Crippen LogP contribution < -0.4 is 10.6 Å². The Morgan fingerprint density at radius 3 is 2.68 bits per heavy atom. The maximum Gasteiger partial charge on any atom is 0.271 e. The summed E-state index contributed by atoms with van der Waals surface area (Å²) in [4.78, 5) is 22.5. The molecule has 6 nitrogen and oxygen atoms in total. The standard InChI is InChI=1S/C13H21N5O/c1-10(9-18-5-3-4-6-18)17-13(19)11-7-16-12(14-2)8-15-11/h7-8,10H,3-6,9H2,1-2H3,(H,14,16)(H,17,19). The van der Waals surface area contributed by atoms with Gasteiger partial charge in [-0.1, -0.05) is 0 Å². The van der Waals surface area contributed by atoms with Crippen LogP contribution >= 0.6 is 0 Å². The molecule has 2 N–H and O–H groups in total. The minimum Gasteiger partial charge on any atom is -0.372 e. The lowest BCUT2D eigenvalue weighted by Gasteiger charge is -2.20. The normalized spacial score (nSPS) is 17.2. The molecule has 0 aromatic carbocycles. The van der Waals surface area contributed by atoms with E-state index in [9.17, 15) is 4.79 Å². The van der Waals surface area contributed by atoms with Gasteiger partial charge < -0.3 is 15.5 Å². The van der Waals surface area contributed by atoms with Crippen molar-refractivity contribution < 1.29 is 4.79 Å². The summed E-state index contributed by atoms with van der Waals surface area (Å²) in [5.41, 5.74) is 0.354. The van der Waals surface area contributed by atoms with Crippen LogP contribution in [0.2, 0.25) is 0 Å². The Morgan fingerprint density at radius 1 is 1.37 bits per heavy atom. The number of hydrogen-bond acceptors (Lipinski definition) is 5. The van der Waals surface area contributed by atoms with Crippen molar-refractivity contribution in [1.29, 1.82) is 0 Å². The maximum absolute atomic E-state index is 12.0. The van der Waals surface area contributed by atoms with E-state index in [1.165, 1.54) is 19.0 Å². The van der Waals surface area contributed by atoms with E-state index in [4.69, 9.17) is 0 Å². The van der Waals surface area contributed by atoms with Crippen LogP contribution in [0.1, 0.15) is 30.3 Å². The highest BCUT2D eigenvalue weighted by atomic mass is 16.1. The highest BCUT2D eigenvalue weighted by Gasteiger charge is 2.17. The Morgan fingerprint density at radius 2 is 2.11 bits per heavy atom. The lowest BCUT2D eigenvalue weighted by molar-refractivity contribution is 0.0926. The molecule has 1 amide bonds. The second kappa shape index (κ2) is 6.47. The van der Waals surface area contributed by atoms with E-state index in [1.54, 1.807) is 13.2 Å². The molecule has 1 atom stereocenters. The first-order valence-electron chi connectivity index (χ1n) is 6.72. The number of nitrogens with one attached hydrogen (secondary N) is 2. The summed E-state index contributed by atoms with van der Waals surface area (Å²) in [6.45, 7) is 5.19. The maximum atomic E-state index is 12.0. The summed E-state index contributed by atoms with van der Waals surface area (Å²) in [6.07, 6.45) is 5.57. The van der Waals surface area contributed by atoms with Gasteiger partial charge in [-0.3, -0.25) is 4.79 Å². The molecule has 0 radical (unpaired) electrons. The number of rotatable bonds is 5. The zero-order valence-corrected chi connectivity index (χ0v) is 11.5. The van der Waals surface area contributed by atoms with Crippen LogP contribution in [0, 0.1) is 0 Å². The molecule has 1 aromatic rings. The van der Waals surface area contributed by atoms with Crippen LogP contribution in [0.15, 0.2) is 12.4 Å². The molecule has 2 rings (SSSR count). The second-order valence-corrected chi connectivity index (χ2v) is 4.92. The third-order valence-corrected chi connectivity index (χ3v) is 3.25. The number of nitrogens with zero attached hydrogens (tertiary/aromatic N) is 3. The fourth-order valence-corrected chi connectivity index (χ4v) is 2.27. The Bertz CT molecular complexity index is 414. The SMILES string of the molecule is CNc1cnc(C(=O)NC(C)CN2CCCC2)cn1. The molecule has 19 heavy (non-hydrogen) atoms. The van der Waals surface area contributed by atoms with Crippen molar-refractivity contribution in [1.82, 2.24) is 20.2 Å². The second-order valence-electron chi connectivity index (χ2n) is 4.92. The summed E-state index contributed by atoms with van der Waals surface area (Å²) in [5.74, 6) is 0.489. The summed E-state index contributed by atoms with van der Waals surface area (Å²) in [7, 11) is 1.77. The molecular formula is C13H21N5O. The molecule has 1 aliphatic heterocycles. The fraction of sp³-hybridized carbons (Fsp3) is 0.615. The van der Waals surface area contributed by atoms with Crippen molar-refractivity contribution in [2.75, 3.05) is 32.0 Å². The Kier molecular flexibility index (Phi) is 4.68. The van der Waals surface area contributed by atoms with Crippen LogP contribution in [0.3, 0.4) is 0 Å². The largest absolute Gasteiger partial charge is 0.372 e. The van der Waals surface area contributed by atoms with Gasteiger partial charge in [0.25, 0.3) is 5.91 Å². The topological polar surface area (TPSA) is 70.2 Å². The molecule has 0 spiro atoms. The van der Waals surface area contributed by atoms with Gasteiger partial charge in [0.15, 0.2) is 0 Å². The van der Waals surface area contributed by atoms with Gasteiger partial charge in [-0.15, -0.1) is 0 Å². The van der Waals surface area contributed by atoms with E-state index in [-0.39, 0.29) is 11.9 Å². The highest BCUT2D eigenvalue weighted by Crippen LogP contribution is 2.07. The number of hydrogen-bond donors (Lipinski definition) is 2. The van der Waals surface area contributed by atoms with Gasteiger partial charge in [-0.25, -0.2) is 9.97 Å². The summed E-state index contributed by atoms with van der Waals surface area (Å²) >= 11 is 0. The third kappa shape index (κ3) is 3.89. The zero-order chi connectivity index (χ0) is 13.7. The molecule has 1 fully saturated rings. The van der Waals surface area contributed by atoms with E-state index >= 15 is 0 Å². The van der Waals surface area contributed by atoms with Crippen LogP contribution in [-0.4, -0.2) is 53.5 Å². The molecule has 1 saturated heterocycles. The molecular weight excluding hydrogens is 242 g/mol. The predicted molar refractivity (Wildman–Crippen MR) is 74.2 cm³/mol. The Hall–Kier alpha value is -1.69. The van der Waals surface area contributed by atoms with E-state index in [1.807, 2.05) is 6.92 Å². The van der Waals surface area contributed by atoms with Gasteiger partial charge in [0.1, 0.15) is 11.5 Å². The molecule has 1 unspecified atom stereocenters. The average molecular weight is 263 g/mol. The van der Waals surface area contributed by atoms with Crippen LogP contribution in [0.4, 0.5) is 5.82 Å². The number of likely N-dealkylation sites (tertiary alicyclic amines) is 1. The number of anilines is 1. The van der Waals surface area contributed by atoms with Crippen molar-refractivity contribution in [3.63, 3.8) is 0 Å². The lowest BCUT2D eigenvalue weighted by atomic mass is 10.3. The molecule has 0 saturated carbocycles. The van der Waals surface area contributed by atoms with Crippen LogP contribution in [0.5, 0.6) is 0 Å². The predicted octanol–water partition coefficient (Wildman–Crippen LogP) is 0.732. The fourth-order valence-electron chi connectivity index (χ4n) is 2.27. The summed E-state index contributed by atoms with van der Waals surface area (Å²) < 4.78 is 0. The molecule has 1 aromatic heterocycles. The average Bonchev–Trinajstić information content (AvgIpc) is 2.91. The minimum atomic E-state index is -0.165. The van der Waals surface area contributed by atoms with Gasteiger partial charge in [-0.05, 0) is 32.9 Å². The first-order chi connectivity index (χ1) is 9.19. The van der Waals surface area contributed by atoms with E-state index in [0.717, 1.165) is 19.6 Å². The highest BCUT2D eigenvalue weighted by molar-refractivity contribution is 5.92. The quantitative estimate of drug-likeness (QED) is 0.819. The van der Waals surface area contributed by atoms with Crippen molar-refractivity contribution in [3.05, 3.63) is 18.1 Å². The van der Waals surface area contributed by atoms with Gasteiger partial charge in [0.05, 0.1) is 12.4 Å². The van der Waals surface area contributed by atoms with Crippen LogP contribution in [-0.2, 0) is 0 Å². The summed E-state index contributed by atoms with van der Waals surface area (Å²) in [5, 5.41) is 5.83. The van der Waals surface area contributed by atoms with Gasteiger partial charge >= 0.3 is 0 Å². The monoisotopic (exact) mass is 263 g/mol. The number of aromatic nitrogens is 2. The van der Waals surface area contributed by atoms with Crippen molar-refractivity contribution >= 4 is 11.7 Å². The Balaban J connectivity index is 1.84. The zero-order valence-electron chi connectivity index (χ0n) is 11.5. The van der Waals surface area contributed by atoms with Crippen molar-refractivity contribution in [3.8, 4) is 0 Å². The van der Waals surface area contributed by atoms with Gasteiger partial charge in [0.2, 0.25) is 0 Å². The van der Waals surface area contributed by atoms with Gasteiger partial charge in [-0.2, -0.15) is 0 Å². The number of carbonyl (C=O) groups excluding carboxylic acids is 1. The third-order valence-electron chi connectivity index (χ3n) is 3.25. The molecule has 2 heterocycles. The summed E-state index contributed by atoms with van der Waals surface area (Å²) in [6, 6.07) is 0.122. The molecule has 0 bridgehead atoms. The van der Waals surface area contributed by atoms with E-state index < -0.39 is 0 Å². The molecule has 6 heteroatoms. The van der Waals surface area contributed by atoms with E-state index in [0.29, 0.717) is 11.5 Å². The van der Waals surface area contributed by atoms with Crippen molar-refractivity contribution in [2.45, 2.75) is 25.8 Å².